The largest absolute Gasteiger partial charge is 0.369 e. The van der Waals surface area contributed by atoms with Crippen molar-refractivity contribution in [3.05, 3.63) is 16.2 Å². The number of H-pyrrole nitrogens is 2. The third-order valence-corrected chi connectivity index (χ3v) is 2.90. The highest BCUT2D eigenvalue weighted by Gasteiger charge is 2.23. The Bertz CT molecular complexity index is 580. The Hall–Kier alpha value is -1.85. The van der Waals surface area contributed by atoms with Gasteiger partial charge in [-0.15, -0.1) is 0 Å². The second kappa shape index (κ2) is 3.33. The molecule has 0 aromatic carbocycles. The van der Waals surface area contributed by atoms with Crippen LogP contribution >= 0.6 is 0 Å². The molecule has 0 amide bonds. The molecule has 0 aliphatic heterocycles. The minimum Gasteiger partial charge on any atom is -0.369 e. The van der Waals surface area contributed by atoms with Gasteiger partial charge < -0.3 is 10.7 Å². The Balaban J connectivity index is 2.70. The van der Waals surface area contributed by atoms with Crippen molar-refractivity contribution >= 4 is 17.1 Å². The maximum Gasteiger partial charge on any atom is 0.278 e. The molecular formula is C10H15N5O. The topological polar surface area (TPSA) is 100 Å². The first-order valence-electron chi connectivity index (χ1n) is 5.20. The quantitative estimate of drug-likeness (QED) is 0.701. The fraction of sp³-hybridized carbons (Fsp3) is 0.500. The minimum atomic E-state index is -0.284. The zero-order valence-corrected chi connectivity index (χ0v) is 9.59. The molecule has 0 aliphatic carbocycles. The molecule has 0 atom stereocenters. The number of hydrogen-bond acceptors (Lipinski definition) is 4. The zero-order valence-electron chi connectivity index (χ0n) is 9.59. The van der Waals surface area contributed by atoms with Gasteiger partial charge in [0.25, 0.3) is 5.56 Å². The van der Waals surface area contributed by atoms with E-state index in [1.807, 2.05) is 0 Å². The normalized spacial score (nSPS) is 12.2. The number of anilines is 1. The number of rotatable bonds is 2. The minimum absolute atomic E-state index is 0.0878. The van der Waals surface area contributed by atoms with E-state index in [9.17, 15) is 4.79 Å². The van der Waals surface area contributed by atoms with E-state index in [0.717, 1.165) is 12.2 Å². The maximum atomic E-state index is 11.6. The van der Waals surface area contributed by atoms with Crippen molar-refractivity contribution in [1.29, 1.82) is 0 Å². The van der Waals surface area contributed by atoms with Crippen LogP contribution in [0.2, 0.25) is 0 Å². The second-order valence-corrected chi connectivity index (χ2v) is 4.47. The molecule has 0 saturated carbocycles. The van der Waals surface area contributed by atoms with Crippen molar-refractivity contribution in [2.24, 2.45) is 0 Å². The highest BCUT2D eigenvalue weighted by molar-refractivity contribution is 5.70. The smallest absolute Gasteiger partial charge is 0.278 e. The van der Waals surface area contributed by atoms with Gasteiger partial charge in [-0.05, 0) is 6.42 Å². The molecule has 2 rings (SSSR count). The summed E-state index contributed by atoms with van der Waals surface area (Å²) in [6.45, 7) is 6.18. The van der Waals surface area contributed by atoms with E-state index in [1.54, 1.807) is 0 Å². The van der Waals surface area contributed by atoms with Crippen LogP contribution in [0.1, 0.15) is 33.0 Å². The van der Waals surface area contributed by atoms with E-state index < -0.39 is 0 Å². The number of nitrogen functional groups attached to an aromatic ring is 1. The van der Waals surface area contributed by atoms with Crippen LogP contribution in [0.3, 0.4) is 0 Å². The number of nitrogens with one attached hydrogen (secondary N) is 2. The predicted octanol–water partition coefficient (Wildman–Crippen LogP) is 0.916. The monoisotopic (exact) mass is 221 g/mol. The van der Waals surface area contributed by atoms with Crippen LogP contribution in [0.15, 0.2) is 4.79 Å². The van der Waals surface area contributed by atoms with Crippen LogP contribution in [0.4, 0.5) is 5.95 Å². The summed E-state index contributed by atoms with van der Waals surface area (Å²) in [7, 11) is 0. The fourth-order valence-corrected chi connectivity index (χ4v) is 1.41. The Morgan fingerprint density at radius 3 is 2.62 bits per heavy atom. The van der Waals surface area contributed by atoms with Crippen LogP contribution in [0.5, 0.6) is 0 Å². The Labute approximate surface area is 92.3 Å². The van der Waals surface area contributed by atoms with Gasteiger partial charge in [0.2, 0.25) is 5.95 Å². The Morgan fingerprint density at radius 1 is 1.31 bits per heavy atom. The summed E-state index contributed by atoms with van der Waals surface area (Å²) >= 11 is 0. The molecule has 0 aliphatic rings. The summed E-state index contributed by atoms with van der Waals surface area (Å²) in [6, 6.07) is 0. The summed E-state index contributed by atoms with van der Waals surface area (Å²) in [5.74, 6) is 0.846. The first kappa shape index (κ1) is 10.7. The summed E-state index contributed by atoms with van der Waals surface area (Å²) in [5, 5.41) is 0. The molecule has 0 radical (unpaired) electrons. The molecule has 2 heterocycles. The van der Waals surface area contributed by atoms with Crippen molar-refractivity contribution in [3.63, 3.8) is 0 Å². The number of fused-ring (bicyclic) bond motifs is 1. The van der Waals surface area contributed by atoms with E-state index >= 15 is 0 Å². The van der Waals surface area contributed by atoms with E-state index in [1.165, 1.54) is 0 Å². The van der Waals surface area contributed by atoms with Crippen molar-refractivity contribution in [3.8, 4) is 0 Å². The van der Waals surface area contributed by atoms with Gasteiger partial charge in [0.05, 0.1) is 0 Å². The van der Waals surface area contributed by atoms with Gasteiger partial charge in [-0.3, -0.25) is 9.78 Å². The third-order valence-electron chi connectivity index (χ3n) is 2.90. The van der Waals surface area contributed by atoms with Gasteiger partial charge in [-0.25, -0.2) is 4.98 Å². The first-order chi connectivity index (χ1) is 7.44. The van der Waals surface area contributed by atoms with Gasteiger partial charge in [0, 0.05) is 5.41 Å². The molecule has 86 valence electrons. The van der Waals surface area contributed by atoms with Crippen LogP contribution in [-0.4, -0.2) is 19.9 Å². The van der Waals surface area contributed by atoms with E-state index in [-0.39, 0.29) is 16.9 Å². The van der Waals surface area contributed by atoms with Gasteiger partial charge in [-0.1, -0.05) is 20.8 Å². The van der Waals surface area contributed by atoms with Crippen molar-refractivity contribution < 1.29 is 0 Å². The highest BCUT2D eigenvalue weighted by atomic mass is 16.1. The van der Waals surface area contributed by atoms with E-state index in [0.29, 0.717) is 11.2 Å². The lowest BCUT2D eigenvalue weighted by Crippen LogP contribution is -2.17. The fourth-order valence-electron chi connectivity index (χ4n) is 1.41. The average molecular weight is 221 g/mol. The molecule has 0 saturated heterocycles. The highest BCUT2D eigenvalue weighted by Crippen LogP contribution is 2.24. The molecule has 4 N–H and O–H groups in total. The number of nitrogens with two attached hydrogens (primary N) is 1. The summed E-state index contributed by atoms with van der Waals surface area (Å²) in [6.07, 6.45) is 0.917. The predicted molar refractivity (Wildman–Crippen MR) is 62.2 cm³/mol. The third kappa shape index (κ3) is 1.56. The number of aromatic amines is 2. The Kier molecular flexibility index (Phi) is 2.22. The van der Waals surface area contributed by atoms with Crippen molar-refractivity contribution in [1.82, 2.24) is 19.9 Å². The summed E-state index contributed by atoms with van der Waals surface area (Å²) < 4.78 is 0. The van der Waals surface area contributed by atoms with E-state index in [2.05, 4.69) is 40.7 Å². The molecular weight excluding hydrogens is 206 g/mol. The van der Waals surface area contributed by atoms with E-state index in [4.69, 9.17) is 5.73 Å². The molecule has 16 heavy (non-hydrogen) atoms. The van der Waals surface area contributed by atoms with Gasteiger partial charge >= 0.3 is 0 Å². The molecule has 0 bridgehead atoms. The molecule has 2 aromatic heterocycles. The van der Waals surface area contributed by atoms with Gasteiger partial charge in [0.1, 0.15) is 5.82 Å². The zero-order chi connectivity index (χ0) is 11.9. The van der Waals surface area contributed by atoms with Crippen molar-refractivity contribution in [2.75, 3.05) is 5.73 Å². The molecule has 0 unspecified atom stereocenters. The lowest BCUT2D eigenvalue weighted by Gasteiger charge is -2.18. The van der Waals surface area contributed by atoms with Crippen LogP contribution in [-0.2, 0) is 5.41 Å². The Morgan fingerprint density at radius 2 is 2.00 bits per heavy atom. The molecule has 0 fully saturated rings. The SMILES string of the molecule is CCC(C)(C)c1nc2nc(N)[nH]c(=O)c2[nH]1. The van der Waals surface area contributed by atoms with Gasteiger partial charge in [0.15, 0.2) is 11.2 Å². The average Bonchev–Trinajstić information content (AvgIpc) is 2.62. The number of imidazole rings is 1. The summed E-state index contributed by atoms with van der Waals surface area (Å²) in [4.78, 5) is 25.3. The van der Waals surface area contributed by atoms with Crippen LogP contribution in [0.25, 0.3) is 11.2 Å². The lowest BCUT2D eigenvalue weighted by atomic mass is 9.90. The molecule has 2 aromatic rings. The second-order valence-electron chi connectivity index (χ2n) is 4.47. The molecule has 0 spiro atoms. The molecule has 6 nitrogen and oxygen atoms in total. The number of hydrogen-bond donors (Lipinski definition) is 3. The van der Waals surface area contributed by atoms with Crippen LogP contribution in [0, 0.1) is 0 Å². The maximum absolute atomic E-state index is 11.6. The summed E-state index contributed by atoms with van der Waals surface area (Å²) in [5.41, 5.74) is 5.81. The number of nitrogens with zero attached hydrogens (tertiary/aromatic N) is 2. The number of aromatic nitrogens is 4. The van der Waals surface area contributed by atoms with Crippen molar-refractivity contribution in [2.45, 2.75) is 32.6 Å². The molecule has 6 heteroatoms. The van der Waals surface area contributed by atoms with Crippen LogP contribution < -0.4 is 11.3 Å². The lowest BCUT2D eigenvalue weighted by molar-refractivity contribution is 0.479. The first-order valence-corrected chi connectivity index (χ1v) is 5.20. The van der Waals surface area contributed by atoms with Gasteiger partial charge in [-0.2, -0.15) is 4.98 Å². The standard InChI is InChI=1S/C10H15N5O/c1-4-10(2,3)8-12-5-6(13-8)14-9(11)15-7(5)16/h4H2,1-3H3,(H4,11,12,13,14,15,16).